The van der Waals surface area contributed by atoms with Gasteiger partial charge in [0.25, 0.3) is 0 Å². The van der Waals surface area contributed by atoms with Crippen molar-refractivity contribution < 1.29 is 0 Å². The van der Waals surface area contributed by atoms with Gasteiger partial charge in [0.1, 0.15) is 0 Å². The summed E-state index contributed by atoms with van der Waals surface area (Å²) in [4.78, 5) is 0. The maximum Gasteiger partial charge on any atom is -0.0354 e. The molecule has 0 aliphatic rings. The number of rotatable bonds is 3. The minimum atomic E-state index is 1.18. The van der Waals surface area contributed by atoms with Crippen LogP contribution in [0.5, 0.6) is 0 Å². The lowest BCUT2D eigenvalue weighted by Gasteiger charge is -1.81. The first-order valence-corrected chi connectivity index (χ1v) is 5.94. The Labute approximate surface area is 87.4 Å². The molecule has 0 nitrogen and oxygen atoms in total. The number of allylic oxidation sites excluding steroid dienone is 1. The quantitative estimate of drug-likeness (QED) is 0.386. The molecule has 0 unspecified atom stereocenters. The summed E-state index contributed by atoms with van der Waals surface area (Å²) in [7, 11) is 0. The summed E-state index contributed by atoms with van der Waals surface area (Å²) in [5, 5.41) is 0. The van der Waals surface area contributed by atoms with Crippen molar-refractivity contribution >= 4 is 0 Å². The summed E-state index contributed by atoms with van der Waals surface area (Å²) < 4.78 is 0. The number of hydrogen-bond donors (Lipinski definition) is 0. The Hall–Kier alpha value is -0.260. The van der Waals surface area contributed by atoms with E-state index in [9.17, 15) is 0 Å². The third kappa shape index (κ3) is 148. The Morgan fingerprint density at radius 1 is 0.923 bits per heavy atom. The zero-order valence-electron chi connectivity index (χ0n) is 11.1. The highest BCUT2D eigenvalue weighted by atomic mass is 13.8. The SMILES string of the molecule is C=CCCCC.CC.CC.CCC. The lowest BCUT2D eigenvalue weighted by Crippen LogP contribution is -1.61. The molecule has 0 aliphatic carbocycles. The van der Waals surface area contributed by atoms with Gasteiger partial charge in [-0.05, 0) is 6.42 Å². The first-order chi connectivity index (χ1) is 6.33. The van der Waals surface area contributed by atoms with Crippen molar-refractivity contribution in [3.63, 3.8) is 0 Å². The number of hydrogen-bond acceptors (Lipinski definition) is 0. The van der Waals surface area contributed by atoms with E-state index in [1.807, 2.05) is 33.8 Å². The highest BCUT2D eigenvalue weighted by molar-refractivity contribution is 4.64. The average molecular weight is 188 g/mol. The minimum Gasteiger partial charge on any atom is -0.103 e. The predicted molar refractivity (Wildman–Crippen MR) is 68.4 cm³/mol. The van der Waals surface area contributed by atoms with Crippen molar-refractivity contribution in [3.8, 4) is 0 Å². The van der Waals surface area contributed by atoms with Gasteiger partial charge in [-0.1, -0.05) is 73.8 Å². The molecule has 0 spiro atoms. The number of unbranched alkanes of at least 4 members (excludes halogenated alkanes) is 2. The molecule has 0 N–H and O–H groups in total. The first-order valence-electron chi connectivity index (χ1n) is 5.94. The molecule has 0 rings (SSSR count). The Morgan fingerprint density at radius 2 is 1.23 bits per heavy atom. The van der Waals surface area contributed by atoms with Crippen LogP contribution in [0.1, 0.15) is 74.1 Å². The summed E-state index contributed by atoms with van der Waals surface area (Å²) in [6.45, 7) is 18.0. The smallest absolute Gasteiger partial charge is 0.0354 e. The van der Waals surface area contributed by atoms with E-state index in [1.54, 1.807) is 0 Å². The van der Waals surface area contributed by atoms with Crippen LogP contribution in [0.3, 0.4) is 0 Å². The van der Waals surface area contributed by atoms with Crippen molar-refractivity contribution in [2.24, 2.45) is 0 Å². The first kappa shape index (κ1) is 23.0. The van der Waals surface area contributed by atoms with Crippen LogP contribution in [0.4, 0.5) is 0 Å². The summed E-state index contributed by atoms with van der Waals surface area (Å²) in [6.07, 6.45) is 6.97. The van der Waals surface area contributed by atoms with Gasteiger partial charge in [0, 0.05) is 0 Å². The predicted octanol–water partition coefficient (Wildman–Crippen LogP) is 5.83. The van der Waals surface area contributed by atoms with Gasteiger partial charge in [-0.2, -0.15) is 0 Å². The van der Waals surface area contributed by atoms with Gasteiger partial charge in [-0.15, -0.1) is 6.58 Å². The fourth-order valence-corrected chi connectivity index (χ4v) is 0.348. The van der Waals surface area contributed by atoms with Gasteiger partial charge in [0.05, 0.1) is 0 Å². The largest absolute Gasteiger partial charge is 0.103 e. The molecular formula is C13H32. The Morgan fingerprint density at radius 3 is 1.31 bits per heavy atom. The summed E-state index contributed by atoms with van der Waals surface area (Å²) in [6, 6.07) is 0. The average Bonchev–Trinajstić information content (AvgIpc) is 2.22. The topological polar surface area (TPSA) is 0 Å². The molecule has 13 heavy (non-hydrogen) atoms. The molecule has 0 saturated heterocycles. The van der Waals surface area contributed by atoms with Crippen LogP contribution in [0, 0.1) is 0 Å². The van der Waals surface area contributed by atoms with E-state index < -0.39 is 0 Å². The second-order valence-corrected chi connectivity index (χ2v) is 2.14. The highest BCUT2D eigenvalue weighted by Gasteiger charge is 1.71. The van der Waals surface area contributed by atoms with E-state index in [1.165, 1.54) is 25.7 Å². The molecule has 0 aromatic carbocycles. The van der Waals surface area contributed by atoms with Crippen molar-refractivity contribution in [1.29, 1.82) is 0 Å². The lowest BCUT2D eigenvalue weighted by molar-refractivity contribution is 0.816. The molecule has 0 heterocycles. The van der Waals surface area contributed by atoms with Crippen LogP contribution in [-0.2, 0) is 0 Å². The molecule has 0 radical (unpaired) electrons. The molecule has 84 valence electrons. The summed E-state index contributed by atoms with van der Waals surface area (Å²) in [5.74, 6) is 0. The molecule has 0 saturated carbocycles. The monoisotopic (exact) mass is 188 g/mol. The van der Waals surface area contributed by atoms with E-state index in [0.717, 1.165) is 0 Å². The van der Waals surface area contributed by atoms with Crippen LogP contribution in [-0.4, -0.2) is 0 Å². The summed E-state index contributed by atoms with van der Waals surface area (Å²) in [5.41, 5.74) is 0. The normalized spacial score (nSPS) is 6.08. The zero-order chi connectivity index (χ0) is 11.5. The van der Waals surface area contributed by atoms with Gasteiger partial charge >= 0.3 is 0 Å². The molecular weight excluding hydrogens is 156 g/mol. The van der Waals surface area contributed by atoms with Gasteiger partial charge in [-0.3, -0.25) is 0 Å². The van der Waals surface area contributed by atoms with E-state index in [2.05, 4.69) is 27.4 Å². The van der Waals surface area contributed by atoms with Crippen LogP contribution in [0.25, 0.3) is 0 Å². The molecule has 0 atom stereocenters. The molecule has 0 bridgehead atoms. The maximum atomic E-state index is 3.60. The highest BCUT2D eigenvalue weighted by Crippen LogP contribution is 1.91. The fraction of sp³-hybridized carbons (Fsp3) is 0.846. The van der Waals surface area contributed by atoms with E-state index in [4.69, 9.17) is 0 Å². The van der Waals surface area contributed by atoms with Gasteiger partial charge < -0.3 is 0 Å². The third-order valence-electron chi connectivity index (χ3n) is 0.762. The Kier molecular flexibility index (Phi) is 107. The third-order valence-corrected chi connectivity index (χ3v) is 0.762. The van der Waals surface area contributed by atoms with Crippen molar-refractivity contribution in [2.45, 2.75) is 74.1 Å². The van der Waals surface area contributed by atoms with Crippen LogP contribution >= 0.6 is 0 Å². The van der Waals surface area contributed by atoms with Gasteiger partial charge in [0.2, 0.25) is 0 Å². The molecule has 0 aromatic rings. The lowest BCUT2D eigenvalue weighted by atomic mass is 10.3. The molecule has 0 fully saturated rings. The van der Waals surface area contributed by atoms with Gasteiger partial charge in [-0.25, -0.2) is 0 Å². The second kappa shape index (κ2) is 60.3. The van der Waals surface area contributed by atoms with E-state index >= 15 is 0 Å². The van der Waals surface area contributed by atoms with Crippen LogP contribution < -0.4 is 0 Å². The molecule has 0 aromatic heterocycles. The Balaban J connectivity index is -0.0000000493. The fourth-order valence-electron chi connectivity index (χ4n) is 0.348. The summed E-state index contributed by atoms with van der Waals surface area (Å²) >= 11 is 0. The maximum absolute atomic E-state index is 3.60. The molecule has 0 aliphatic heterocycles. The zero-order valence-corrected chi connectivity index (χ0v) is 11.1. The standard InChI is InChI=1S/C6H12.C3H8.2C2H6/c1-3-5-6-4-2;1-3-2;2*1-2/h3H,1,4-6H2,2H3;3H2,1-2H3;2*1-2H3. The van der Waals surface area contributed by atoms with Crippen LogP contribution in [0.2, 0.25) is 0 Å². The van der Waals surface area contributed by atoms with E-state index in [-0.39, 0.29) is 0 Å². The van der Waals surface area contributed by atoms with Crippen molar-refractivity contribution in [2.75, 3.05) is 0 Å². The molecule has 0 amide bonds. The molecule has 0 heteroatoms. The van der Waals surface area contributed by atoms with Gasteiger partial charge in [0.15, 0.2) is 0 Å². The van der Waals surface area contributed by atoms with Crippen LogP contribution in [0.15, 0.2) is 12.7 Å². The minimum absolute atomic E-state index is 1.18. The van der Waals surface area contributed by atoms with Crippen molar-refractivity contribution in [1.82, 2.24) is 0 Å². The second-order valence-electron chi connectivity index (χ2n) is 2.14. The van der Waals surface area contributed by atoms with Crippen molar-refractivity contribution in [3.05, 3.63) is 12.7 Å². The van der Waals surface area contributed by atoms with E-state index in [0.29, 0.717) is 0 Å². The Bertz CT molecular complexity index is 37.3.